The van der Waals surface area contributed by atoms with Crippen LogP contribution >= 0.6 is 11.6 Å². The van der Waals surface area contributed by atoms with Crippen LogP contribution in [0.1, 0.15) is 82.8 Å². The molecule has 1 aliphatic heterocycles. The first-order valence-electron chi connectivity index (χ1n) is 22.5. The maximum absolute atomic E-state index is 14.5. The average molecular weight is 937 g/mol. The molecule has 6 rings (SSSR count). The molecule has 0 aromatic heterocycles. The molecule has 1 heterocycles. The number of hydrogen-bond donors (Lipinski definition) is 3. The zero-order valence-corrected chi connectivity index (χ0v) is 39.2. The summed E-state index contributed by atoms with van der Waals surface area (Å²) in [5.41, 5.74) is 2.43. The van der Waals surface area contributed by atoms with Crippen molar-refractivity contribution < 1.29 is 57.5 Å². The number of aliphatic hydroxyl groups is 2. The summed E-state index contributed by atoms with van der Waals surface area (Å²) in [4.78, 5) is 35.9. The van der Waals surface area contributed by atoms with Crippen molar-refractivity contribution in [1.29, 1.82) is 0 Å². The highest BCUT2D eigenvalue weighted by Crippen LogP contribution is 2.62. The highest BCUT2D eigenvalue weighted by atomic mass is 35.5. The number of unbranched alkanes of at least 4 members (excludes halogenated alkanes) is 2. The summed E-state index contributed by atoms with van der Waals surface area (Å²) in [6.45, 7) is 9.67. The minimum atomic E-state index is -1.62. The van der Waals surface area contributed by atoms with Gasteiger partial charge in [0.1, 0.15) is 47.1 Å². The predicted molar refractivity (Wildman–Crippen MR) is 249 cm³/mol. The molecule has 3 aromatic carbocycles. The highest BCUT2D eigenvalue weighted by molar-refractivity contribution is 6.18. The van der Waals surface area contributed by atoms with E-state index in [0.717, 1.165) is 24.0 Å². The molecular weight excluding hydrogens is 873 g/mol. The number of nitrogens with zero attached hydrogens (tertiary/aromatic N) is 2. The number of amides is 2. The van der Waals surface area contributed by atoms with E-state index in [1.54, 1.807) is 48.5 Å². The Morgan fingerprint density at radius 3 is 2.39 bits per heavy atom. The van der Waals surface area contributed by atoms with Gasteiger partial charge in [-0.2, -0.15) is 0 Å². The van der Waals surface area contributed by atoms with E-state index in [2.05, 4.69) is 18.0 Å². The van der Waals surface area contributed by atoms with Crippen molar-refractivity contribution in [3.63, 3.8) is 0 Å². The number of alkyl halides is 1. The van der Waals surface area contributed by atoms with Crippen LogP contribution in [-0.2, 0) is 20.9 Å². The third-order valence-electron chi connectivity index (χ3n) is 12.1. The Balaban J connectivity index is 1.57. The van der Waals surface area contributed by atoms with Crippen molar-refractivity contribution in [3.05, 3.63) is 102 Å². The van der Waals surface area contributed by atoms with Crippen LogP contribution in [0.25, 0.3) is 0 Å². The zero-order valence-electron chi connectivity index (χ0n) is 38.4. The third-order valence-corrected chi connectivity index (χ3v) is 12.3. The van der Waals surface area contributed by atoms with Gasteiger partial charge in [0, 0.05) is 43.7 Å². The topological polar surface area (TPSA) is 167 Å². The van der Waals surface area contributed by atoms with Crippen molar-refractivity contribution >= 4 is 35.2 Å². The van der Waals surface area contributed by atoms with Gasteiger partial charge in [0.25, 0.3) is 0 Å². The van der Waals surface area contributed by atoms with Crippen LogP contribution in [-0.4, -0.2) is 97.0 Å². The number of rotatable bonds is 21. The summed E-state index contributed by atoms with van der Waals surface area (Å²) in [5.74, 6) is -1.63. The van der Waals surface area contributed by atoms with Crippen LogP contribution < -0.4 is 24.3 Å². The molecular formula is C50H63ClFN3O11. The van der Waals surface area contributed by atoms with Crippen molar-refractivity contribution in [2.75, 3.05) is 51.8 Å². The quantitative estimate of drug-likeness (QED) is 0.0403. The summed E-state index contributed by atoms with van der Waals surface area (Å²) in [7, 11) is 3.02. The number of benzene rings is 3. The van der Waals surface area contributed by atoms with Gasteiger partial charge < -0.3 is 43.5 Å². The van der Waals surface area contributed by atoms with Crippen LogP contribution in [0.2, 0.25) is 0 Å². The van der Waals surface area contributed by atoms with Gasteiger partial charge in [-0.05, 0) is 112 Å². The first kappa shape index (κ1) is 50.1. The number of carbonyl (C=O) groups is 2. The van der Waals surface area contributed by atoms with Crippen molar-refractivity contribution in [1.82, 2.24) is 4.90 Å². The molecule has 0 bridgehead atoms. The molecule has 2 aliphatic carbocycles. The van der Waals surface area contributed by atoms with Crippen LogP contribution in [0, 0.1) is 23.6 Å². The van der Waals surface area contributed by atoms with Crippen molar-refractivity contribution in [3.8, 4) is 23.0 Å². The number of aliphatic hydroxyl groups excluding tert-OH is 2. The Hall–Kier alpha value is -5.35. The minimum absolute atomic E-state index is 0.0149. The molecule has 0 saturated heterocycles. The molecule has 6 unspecified atom stereocenters. The fraction of sp³-hybridized carbons (Fsp3) is 0.500. The number of nitrogens with one attached hydrogen (secondary N) is 1. The molecule has 3 aromatic rings. The molecule has 1 fully saturated rings. The van der Waals surface area contributed by atoms with Crippen LogP contribution in [0.3, 0.4) is 0 Å². The van der Waals surface area contributed by atoms with Crippen LogP contribution in [0.4, 0.5) is 19.7 Å². The van der Waals surface area contributed by atoms with Gasteiger partial charge in [0.05, 0.1) is 44.0 Å². The summed E-state index contributed by atoms with van der Waals surface area (Å²) < 4.78 is 51.2. The van der Waals surface area contributed by atoms with E-state index in [1.165, 1.54) is 31.3 Å². The normalized spacial score (nSPS) is 22.5. The number of ether oxygens (including phenoxy) is 6. The predicted octanol–water partition coefficient (Wildman–Crippen LogP) is 9.76. The number of carbonyl (C=O) groups excluding carboxylic acids is 2. The zero-order chi connectivity index (χ0) is 47.4. The number of methoxy groups -OCH3 is 2. The van der Waals surface area contributed by atoms with E-state index in [9.17, 15) is 24.2 Å². The number of anilines is 1. The fourth-order valence-corrected chi connectivity index (χ4v) is 9.42. The van der Waals surface area contributed by atoms with E-state index in [1.807, 2.05) is 26.8 Å². The molecule has 358 valence electrons. The number of halogens is 2. The van der Waals surface area contributed by atoms with Crippen LogP contribution in [0.15, 0.2) is 90.1 Å². The standard InChI is InChI=1S/C50H63ClFN3O11/c1-7-25-63-50-44(55(48(59)62-26-22-51)31-32-14-16-34(52)17-15-32)30-41(54-66-49(2,3)4)38-27-33(12-8-10-23-56)37(13-9-11-24-57)45(46(38)50)39-28-36(19-21-42(39)65-50)64-47(58)53-40-20-18-35(60-5)29-43(40)61-6/h7,14-21,27-29,33,37,44-46,56-57H,1,8-13,22-26,30-31H2,2-6H3,(H,53,58). The van der Waals surface area contributed by atoms with Gasteiger partial charge in [0.2, 0.25) is 5.79 Å². The van der Waals surface area contributed by atoms with Crippen LogP contribution in [0.5, 0.6) is 23.0 Å². The lowest BCUT2D eigenvalue weighted by molar-refractivity contribution is -0.256. The Morgan fingerprint density at radius 1 is 1.00 bits per heavy atom. The minimum Gasteiger partial charge on any atom is -0.497 e. The van der Waals surface area contributed by atoms with E-state index >= 15 is 0 Å². The summed E-state index contributed by atoms with van der Waals surface area (Å²) >= 11 is 6.07. The summed E-state index contributed by atoms with van der Waals surface area (Å²) in [6, 6.07) is 15.1. The van der Waals surface area contributed by atoms with Crippen molar-refractivity contribution in [2.45, 2.75) is 95.6 Å². The monoisotopic (exact) mass is 935 g/mol. The van der Waals surface area contributed by atoms with Gasteiger partial charge in [0.15, 0.2) is 0 Å². The van der Waals surface area contributed by atoms with E-state index < -0.39 is 47.3 Å². The molecule has 14 nitrogen and oxygen atoms in total. The maximum Gasteiger partial charge on any atom is 0.417 e. The average Bonchev–Trinajstić information content (AvgIpc) is 3.30. The lowest BCUT2D eigenvalue weighted by atomic mass is 9.55. The second kappa shape index (κ2) is 22.9. The molecule has 3 N–H and O–H groups in total. The van der Waals surface area contributed by atoms with Gasteiger partial charge in [-0.3, -0.25) is 10.2 Å². The lowest BCUT2D eigenvalue weighted by Gasteiger charge is -2.60. The Kier molecular flexibility index (Phi) is 17.4. The van der Waals surface area contributed by atoms with Gasteiger partial charge in [-0.15, -0.1) is 18.2 Å². The molecule has 1 saturated carbocycles. The number of fused-ring (bicyclic) bond motifs is 2. The number of oxime groups is 1. The molecule has 16 heteroatoms. The molecule has 66 heavy (non-hydrogen) atoms. The van der Waals surface area contributed by atoms with Gasteiger partial charge in [-0.1, -0.05) is 42.3 Å². The summed E-state index contributed by atoms with van der Waals surface area (Å²) in [6.07, 6.45) is 6.53. The Morgan fingerprint density at radius 2 is 1.73 bits per heavy atom. The van der Waals surface area contributed by atoms with E-state index in [4.69, 9.17) is 50.0 Å². The third kappa shape index (κ3) is 11.8. The first-order chi connectivity index (χ1) is 31.8. The lowest BCUT2D eigenvalue weighted by Crippen LogP contribution is -2.70. The molecule has 6 atom stereocenters. The first-order valence-corrected chi connectivity index (χ1v) is 23.0. The SMILES string of the molecule is C=CCOC12Oc3ccc(OC(=O)Nc4ccc(OC)cc4OC)cc3C3C(CCCCO)C(CCCCO)C=C(C(=NOC(C)(C)C)CC1N(Cc1ccc(F)cc1)C(=O)OCCCl)C32. The smallest absolute Gasteiger partial charge is 0.417 e. The second-order valence-corrected chi connectivity index (χ2v) is 18.0. The largest absolute Gasteiger partial charge is 0.497 e. The Bertz CT molecular complexity index is 2200. The number of allylic oxidation sites excluding steroid dienone is 1. The molecule has 0 radical (unpaired) electrons. The number of hydrogen-bond acceptors (Lipinski definition) is 12. The van der Waals surface area contributed by atoms with Gasteiger partial charge in [-0.25, -0.2) is 14.0 Å². The van der Waals surface area contributed by atoms with Crippen molar-refractivity contribution in [2.24, 2.45) is 22.9 Å². The highest BCUT2D eigenvalue weighted by Gasteiger charge is 2.66. The summed E-state index contributed by atoms with van der Waals surface area (Å²) in [5, 5.41) is 27.5. The molecule has 3 aliphatic rings. The maximum atomic E-state index is 14.5. The van der Waals surface area contributed by atoms with E-state index in [-0.39, 0.29) is 62.9 Å². The molecule has 2 amide bonds. The second-order valence-electron chi connectivity index (χ2n) is 17.6. The molecule has 0 spiro atoms. The Labute approximate surface area is 391 Å². The fourth-order valence-electron chi connectivity index (χ4n) is 9.35. The van der Waals surface area contributed by atoms with E-state index in [0.29, 0.717) is 59.9 Å². The van der Waals surface area contributed by atoms with Gasteiger partial charge >= 0.3 is 12.2 Å².